The Morgan fingerprint density at radius 1 is 1.53 bits per heavy atom. The van der Waals surface area contributed by atoms with Gasteiger partial charge in [-0.05, 0) is 12.1 Å². The molecule has 0 spiro atoms. The number of rotatable bonds is 3. The number of imidazole rings is 1. The highest BCUT2D eigenvalue weighted by molar-refractivity contribution is 5.94. The number of benzene rings is 1. The van der Waals surface area contributed by atoms with E-state index < -0.39 is 4.92 Å². The Labute approximate surface area is 83.3 Å². The largest absolute Gasteiger partial charge is 0.344 e. The second-order valence-corrected chi connectivity index (χ2v) is 2.78. The predicted octanol–water partition coefficient (Wildman–Crippen LogP) is 1.04. The molecule has 0 radical (unpaired) electrons. The molecule has 0 saturated carbocycles. The first-order valence-electron chi connectivity index (χ1n) is 4.04. The predicted molar refractivity (Wildman–Crippen MR) is 52.4 cm³/mol. The molecule has 0 aliphatic carbocycles. The van der Waals surface area contributed by atoms with Gasteiger partial charge < -0.3 is 10.3 Å². The highest BCUT2D eigenvalue weighted by Gasteiger charge is 2.19. The van der Waals surface area contributed by atoms with Crippen molar-refractivity contribution in [2.24, 2.45) is 0 Å². The van der Waals surface area contributed by atoms with Gasteiger partial charge in [-0.15, -0.1) is 0 Å². The summed E-state index contributed by atoms with van der Waals surface area (Å²) in [4.78, 5) is 27.1. The van der Waals surface area contributed by atoms with E-state index in [2.05, 4.69) is 15.3 Å². The summed E-state index contributed by atoms with van der Waals surface area (Å²) in [5, 5.41) is 13.1. The zero-order chi connectivity index (χ0) is 10.8. The van der Waals surface area contributed by atoms with Crippen molar-refractivity contribution in [2.75, 3.05) is 5.32 Å². The highest BCUT2D eigenvalue weighted by Crippen LogP contribution is 2.30. The van der Waals surface area contributed by atoms with Crippen LogP contribution in [0.25, 0.3) is 11.0 Å². The van der Waals surface area contributed by atoms with E-state index >= 15 is 0 Å². The zero-order valence-electron chi connectivity index (χ0n) is 7.43. The molecule has 1 heterocycles. The quantitative estimate of drug-likeness (QED) is 0.445. The third kappa shape index (κ3) is 1.39. The lowest BCUT2D eigenvalue weighted by Crippen LogP contribution is -2.00. The van der Waals surface area contributed by atoms with Crippen LogP contribution in [0, 0.1) is 10.1 Å². The number of H-pyrrole nitrogens is 1. The minimum atomic E-state index is -0.574. The van der Waals surface area contributed by atoms with Gasteiger partial charge in [0.1, 0.15) is 5.69 Å². The van der Waals surface area contributed by atoms with Gasteiger partial charge in [-0.25, -0.2) is 4.98 Å². The highest BCUT2D eigenvalue weighted by atomic mass is 16.6. The van der Waals surface area contributed by atoms with Crippen molar-refractivity contribution in [3.05, 3.63) is 28.6 Å². The van der Waals surface area contributed by atoms with E-state index in [9.17, 15) is 14.9 Å². The first-order chi connectivity index (χ1) is 7.24. The number of hydrogen-bond donors (Lipinski definition) is 2. The zero-order valence-corrected chi connectivity index (χ0v) is 7.43. The number of aromatic nitrogens is 2. The summed E-state index contributed by atoms with van der Waals surface area (Å²) in [7, 11) is 0. The monoisotopic (exact) mass is 206 g/mol. The topological polar surface area (TPSA) is 101 Å². The molecule has 0 unspecified atom stereocenters. The number of carbonyl (C=O) groups is 1. The van der Waals surface area contributed by atoms with Crippen molar-refractivity contribution in [2.45, 2.75) is 0 Å². The Kier molecular flexibility index (Phi) is 2.05. The van der Waals surface area contributed by atoms with Crippen LogP contribution in [0.3, 0.4) is 0 Å². The van der Waals surface area contributed by atoms with Gasteiger partial charge in [0.25, 0.3) is 0 Å². The fourth-order valence-corrected chi connectivity index (χ4v) is 1.36. The average molecular weight is 206 g/mol. The summed E-state index contributed by atoms with van der Waals surface area (Å²) in [6.45, 7) is 0. The first kappa shape index (κ1) is 9.13. The number of fused-ring (bicyclic) bond motifs is 1. The maximum Gasteiger partial charge on any atom is 0.320 e. The van der Waals surface area contributed by atoms with Gasteiger partial charge in [0, 0.05) is 0 Å². The maximum absolute atomic E-state index is 10.8. The lowest BCUT2D eigenvalue weighted by atomic mass is 10.2. The number of hydrogen-bond acceptors (Lipinski definition) is 4. The van der Waals surface area contributed by atoms with Crippen LogP contribution in [0.1, 0.15) is 0 Å². The fraction of sp³-hybridized carbons (Fsp3) is 0. The summed E-state index contributed by atoms with van der Waals surface area (Å²) in [5.41, 5.74) is 0.709. The van der Waals surface area contributed by atoms with Crippen molar-refractivity contribution in [3.8, 4) is 0 Å². The van der Waals surface area contributed by atoms with Crippen molar-refractivity contribution in [1.82, 2.24) is 9.97 Å². The number of nitro benzene ring substituents is 1. The molecule has 76 valence electrons. The van der Waals surface area contributed by atoms with Crippen LogP contribution in [0.15, 0.2) is 18.5 Å². The molecule has 0 saturated heterocycles. The van der Waals surface area contributed by atoms with Crippen molar-refractivity contribution < 1.29 is 9.72 Å². The number of nitrogens with zero attached hydrogens (tertiary/aromatic N) is 2. The van der Waals surface area contributed by atoms with Gasteiger partial charge in [0.05, 0.1) is 16.8 Å². The second kappa shape index (κ2) is 3.37. The number of amides is 1. The summed E-state index contributed by atoms with van der Waals surface area (Å²) in [6, 6.07) is 3.06. The van der Waals surface area contributed by atoms with Gasteiger partial charge >= 0.3 is 5.69 Å². The number of anilines is 1. The molecule has 0 bridgehead atoms. The standard InChI is InChI=1S/C8H6N4O3/c13-4-11-6-2-1-5-7(10-3-9-5)8(6)12(14)15/h1-4H,(H,9,10)(H,11,13). The molecule has 0 fully saturated rings. The third-order valence-corrected chi connectivity index (χ3v) is 1.96. The van der Waals surface area contributed by atoms with E-state index in [1.54, 1.807) is 6.07 Å². The molecule has 1 aromatic heterocycles. The molecule has 7 nitrogen and oxygen atoms in total. The number of nitrogens with one attached hydrogen (secondary N) is 2. The maximum atomic E-state index is 10.8. The molecule has 0 aliphatic heterocycles. The van der Waals surface area contributed by atoms with Crippen LogP contribution in [0.2, 0.25) is 0 Å². The summed E-state index contributed by atoms with van der Waals surface area (Å²) in [5.74, 6) is 0. The number of aromatic amines is 1. The van der Waals surface area contributed by atoms with Gasteiger partial charge in [-0.1, -0.05) is 0 Å². The molecule has 7 heteroatoms. The molecule has 0 aliphatic rings. The van der Waals surface area contributed by atoms with E-state index in [1.807, 2.05) is 0 Å². The second-order valence-electron chi connectivity index (χ2n) is 2.78. The molecular formula is C8H6N4O3. The van der Waals surface area contributed by atoms with E-state index in [0.29, 0.717) is 11.9 Å². The summed E-state index contributed by atoms with van der Waals surface area (Å²) >= 11 is 0. The van der Waals surface area contributed by atoms with E-state index in [-0.39, 0.29) is 16.9 Å². The molecule has 2 rings (SSSR count). The summed E-state index contributed by atoms with van der Waals surface area (Å²) in [6.07, 6.45) is 1.75. The minimum Gasteiger partial charge on any atom is -0.344 e. The van der Waals surface area contributed by atoms with Crippen LogP contribution >= 0.6 is 0 Å². The van der Waals surface area contributed by atoms with E-state index in [0.717, 1.165) is 0 Å². The number of carbonyl (C=O) groups excluding carboxylic acids is 1. The minimum absolute atomic E-state index is 0.134. The van der Waals surface area contributed by atoms with Crippen molar-refractivity contribution >= 4 is 28.8 Å². The van der Waals surface area contributed by atoms with Crippen LogP contribution in [0.5, 0.6) is 0 Å². The van der Waals surface area contributed by atoms with Gasteiger partial charge in [0.15, 0.2) is 5.52 Å². The normalized spacial score (nSPS) is 10.1. The van der Waals surface area contributed by atoms with Gasteiger partial charge in [-0.3, -0.25) is 14.9 Å². The van der Waals surface area contributed by atoms with Crippen molar-refractivity contribution in [3.63, 3.8) is 0 Å². The van der Waals surface area contributed by atoms with Crippen LogP contribution in [-0.4, -0.2) is 21.3 Å². The van der Waals surface area contributed by atoms with Crippen LogP contribution in [-0.2, 0) is 4.79 Å². The third-order valence-electron chi connectivity index (χ3n) is 1.96. The average Bonchev–Trinajstić information content (AvgIpc) is 2.64. The smallest absolute Gasteiger partial charge is 0.320 e. The fourth-order valence-electron chi connectivity index (χ4n) is 1.36. The van der Waals surface area contributed by atoms with E-state index in [4.69, 9.17) is 0 Å². The van der Waals surface area contributed by atoms with Crippen LogP contribution < -0.4 is 5.32 Å². The van der Waals surface area contributed by atoms with Gasteiger partial charge in [0.2, 0.25) is 6.41 Å². The number of nitro groups is 1. The first-order valence-corrected chi connectivity index (χ1v) is 4.04. The molecule has 1 amide bonds. The lowest BCUT2D eigenvalue weighted by molar-refractivity contribution is -0.382. The molecule has 2 aromatic rings. The molecule has 1 aromatic carbocycles. The summed E-state index contributed by atoms with van der Waals surface area (Å²) < 4.78 is 0. The molecule has 2 N–H and O–H groups in total. The van der Waals surface area contributed by atoms with Crippen LogP contribution in [0.4, 0.5) is 11.4 Å². The molecular weight excluding hydrogens is 200 g/mol. The lowest BCUT2D eigenvalue weighted by Gasteiger charge is -2.00. The Morgan fingerprint density at radius 2 is 2.33 bits per heavy atom. The van der Waals surface area contributed by atoms with Crippen molar-refractivity contribution in [1.29, 1.82) is 0 Å². The SMILES string of the molecule is O=CNc1ccc2[nH]cnc2c1[N+](=O)[O-]. The Bertz CT molecular complexity index is 534. The van der Waals surface area contributed by atoms with E-state index in [1.165, 1.54) is 12.4 Å². The Balaban J connectivity index is 2.74. The molecule has 0 atom stereocenters. The molecule has 15 heavy (non-hydrogen) atoms. The van der Waals surface area contributed by atoms with Gasteiger partial charge in [-0.2, -0.15) is 0 Å². The Morgan fingerprint density at radius 3 is 3.00 bits per heavy atom. The Hall–Kier alpha value is -2.44.